The zero-order valence-corrected chi connectivity index (χ0v) is 17.7. The van der Waals surface area contributed by atoms with E-state index >= 15 is 0 Å². The van der Waals surface area contributed by atoms with Crippen LogP contribution in [0.25, 0.3) is 0 Å². The summed E-state index contributed by atoms with van der Waals surface area (Å²) in [5.41, 5.74) is 3.15. The van der Waals surface area contributed by atoms with Crippen molar-refractivity contribution in [2.45, 2.75) is 39.0 Å². The van der Waals surface area contributed by atoms with Crippen molar-refractivity contribution >= 4 is 17.2 Å². The molecule has 1 saturated carbocycles. The molecule has 1 aromatic carbocycles. The molecule has 0 unspecified atom stereocenters. The molecule has 30 heavy (non-hydrogen) atoms. The topological polar surface area (TPSA) is 81.4 Å². The Labute approximate surface area is 178 Å². The van der Waals surface area contributed by atoms with Gasteiger partial charge in [-0.3, -0.25) is 14.6 Å². The van der Waals surface area contributed by atoms with E-state index in [-0.39, 0.29) is 17.7 Å². The van der Waals surface area contributed by atoms with Crippen molar-refractivity contribution in [1.29, 1.82) is 0 Å². The van der Waals surface area contributed by atoms with Gasteiger partial charge in [0, 0.05) is 30.7 Å². The minimum atomic E-state index is -0.417. The van der Waals surface area contributed by atoms with Crippen LogP contribution < -0.4 is 9.61 Å². The number of thiazole rings is 1. The van der Waals surface area contributed by atoms with Crippen LogP contribution in [0.4, 0.5) is 0 Å². The van der Waals surface area contributed by atoms with E-state index in [1.807, 2.05) is 36.5 Å². The zero-order valence-electron chi connectivity index (χ0n) is 16.8. The summed E-state index contributed by atoms with van der Waals surface area (Å²) < 4.78 is 6.72. The van der Waals surface area contributed by atoms with Gasteiger partial charge in [-0.2, -0.15) is 0 Å². The van der Waals surface area contributed by atoms with E-state index in [9.17, 15) is 14.7 Å². The Morgan fingerprint density at radius 3 is 2.57 bits per heavy atom. The molecule has 0 amide bonds. The second kappa shape index (κ2) is 8.83. The Morgan fingerprint density at radius 2 is 1.93 bits per heavy atom. The van der Waals surface area contributed by atoms with E-state index in [1.165, 1.54) is 5.56 Å². The number of aromatic nitrogens is 2. The Morgan fingerprint density at radius 1 is 1.20 bits per heavy atom. The number of rotatable bonds is 8. The van der Waals surface area contributed by atoms with Crippen LogP contribution in [-0.2, 0) is 19.3 Å². The third-order valence-corrected chi connectivity index (χ3v) is 6.14. The van der Waals surface area contributed by atoms with Gasteiger partial charge in [-0.15, -0.1) is 0 Å². The zero-order chi connectivity index (χ0) is 21.1. The fourth-order valence-corrected chi connectivity index (χ4v) is 4.10. The number of carbonyl (C=O) groups excluding carboxylic acids is 1. The fourth-order valence-electron chi connectivity index (χ4n) is 3.20. The molecule has 2 aromatic heterocycles. The Kier molecular flexibility index (Phi) is 5.99. The number of benzene rings is 1. The molecule has 1 fully saturated rings. The molecule has 0 saturated heterocycles. The smallest absolute Gasteiger partial charge is 0.317 e. The van der Waals surface area contributed by atoms with Crippen molar-refractivity contribution < 1.29 is 14.6 Å². The monoisotopic (exact) mass is 424 g/mol. The van der Waals surface area contributed by atoms with Crippen LogP contribution in [0.2, 0.25) is 0 Å². The van der Waals surface area contributed by atoms with E-state index in [0.29, 0.717) is 17.9 Å². The number of aromatic hydroxyl groups is 1. The molecule has 3 aromatic rings. The number of pyridine rings is 1. The summed E-state index contributed by atoms with van der Waals surface area (Å²) in [6.07, 6.45) is 5.58. The van der Waals surface area contributed by atoms with Gasteiger partial charge < -0.3 is 9.84 Å². The lowest BCUT2D eigenvalue weighted by Crippen LogP contribution is -2.22. The molecule has 2 heterocycles. The van der Waals surface area contributed by atoms with Gasteiger partial charge in [0.25, 0.3) is 0 Å². The summed E-state index contributed by atoms with van der Waals surface area (Å²) in [6, 6.07) is 11.7. The van der Waals surface area contributed by atoms with Gasteiger partial charge in [0.2, 0.25) is 11.8 Å². The van der Waals surface area contributed by atoms with Crippen LogP contribution in [-0.4, -0.2) is 27.2 Å². The number of nitrogens with zero attached hydrogens (tertiary/aromatic N) is 2. The normalized spacial score (nSPS) is 13.4. The highest BCUT2D eigenvalue weighted by Crippen LogP contribution is 2.33. The minimum absolute atomic E-state index is 0.118. The second-order valence-electron chi connectivity index (χ2n) is 7.49. The predicted octanol–water partition coefficient (Wildman–Crippen LogP) is 3.84. The first-order chi connectivity index (χ1) is 14.5. The van der Waals surface area contributed by atoms with Crippen molar-refractivity contribution in [3.63, 3.8) is 0 Å². The molecule has 7 heteroatoms. The Bertz CT molecular complexity index is 1080. The fraction of sp³-hybridized carbons (Fsp3) is 0.348. The van der Waals surface area contributed by atoms with Gasteiger partial charge in [-0.05, 0) is 48.6 Å². The van der Waals surface area contributed by atoms with Gasteiger partial charge in [0.1, 0.15) is 5.75 Å². The average molecular weight is 425 g/mol. The third-order valence-electron chi connectivity index (χ3n) is 5.21. The molecule has 156 valence electrons. The first kappa shape index (κ1) is 20.3. The number of aryl methyl sites for hydroxylation is 1. The standard InChI is InChI=1S/C23H24N2O4S/c1-2-15-3-8-18(24-14-15)11-12-29-19-9-4-16(5-10-19)13-20-22(27)25(23(28)30-20)21(26)17-6-7-17/h3-5,8-10,14,17,27H,2,6-7,11-13H2,1H3. The summed E-state index contributed by atoms with van der Waals surface area (Å²) in [4.78, 5) is 28.8. The number of carbonyl (C=O) groups is 1. The molecule has 0 radical (unpaired) electrons. The molecular weight excluding hydrogens is 400 g/mol. The average Bonchev–Trinajstić information content (AvgIpc) is 3.56. The van der Waals surface area contributed by atoms with Gasteiger partial charge in [0.05, 0.1) is 11.5 Å². The van der Waals surface area contributed by atoms with Gasteiger partial charge in [-0.1, -0.05) is 36.5 Å². The molecule has 0 bridgehead atoms. The summed E-state index contributed by atoms with van der Waals surface area (Å²) in [5.74, 6) is 0.126. The number of hydrogen-bond donors (Lipinski definition) is 1. The molecule has 6 nitrogen and oxygen atoms in total. The molecule has 1 aliphatic rings. The highest BCUT2D eigenvalue weighted by molar-refractivity contribution is 7.09. The van der Waals surface area contributed by atoms with Crippen LogP contribution in [0, 0.1) is 5.92 Å². The highest BCUT2D eigenvalue weighted by Gasteiger charge is 2.34. The summed E-state index contributed by atoms with van der Waals surface area (Å²) in [6.45, 7) is 2.64. The number of ether oxygens (including phenoxy) is 1. The maximum absolute atomic E-state index is 12.2. The van der Waals surface area contributed by atoms with Crippen molar-refractivity contribution in [1.82, 2.24) is 9.55 Å². The van der Waals surface area contributed by atoms with Crippen molar-refractivity contribution in [2.75, 3.05) is 6.61 Å². The molecule has 0 aliphatic heterocycles. The predicted molar refractivity (Wildman–Crippen MR) is 116 cm³/mol. The molecule has 1 N–H and O–H groups in total. The minimum Gasteiger partial charge on any atom is -0.493 e. The Balaban J connectivity index is 1.34. The second-order valence-corrected chi connectivity index (χ2v) is 8.54. The van der Waals surface area contributed by atoms with Crippen molar-refractivity contribution in [3.05, 3.63) is 74.0 Å². The maximum Gasteiger partial charge on any atom is 0.317 e. The van der Waals surface area contributed by atoms with E-state index in [2.05, 4.69) is 18.0 Å². The van der Waals surface area contributed by atoms with Crippen molar-refractivity contribution in [2.24, 2.45) is 5.92 Å². The van der Waals surface area contributed by atoms with E-state index in [1.54, 1.807) is 0 Å². The lowest BCUT2D eigenvalue weighted by molar-refractivity contribution is 0.0873. The van der Waals surface area contributed by atoms with Crippen LogP contribution in [0.15, 0.2) is 47.4 Å². The molecule has 1 aliphatic carbocycles. The van der Waals surface area contributed by atoms with E-state index < -0.39 is 4.87 Å². The molecule has 0 spiro atoms. The van der Waals surface area contributed by atoms with Gasteiger partial charge in [-0.25, -0.2) is 4.57 Å². The van der Waals surface area contributed by atoms with Crippen LogP contribution >= 0.6 is 11.3 Å². The van der Waals surface area contributed by atoms with Crippen LogP contribution in [0.1, 0.15) is 46.3 Å². The number of hydrogen-bond acceptors (Lipinski definition) is 6. The SMILES string of the molecule is CCc1ccc(CCOc2ccc(Cc3sc(=O)n(C(=O)C4CC4)c3O)cc2)nc1. The van der Waals surface area contributed by atoms with Crippen LogP contribution in [0.3, 0.4) is 0 Å². The maximum atomic E-state index is 12.2. The summed E-state index contributed by atoms with van der Waals surface area (Å²) in [5, 5.41) is 10.4. The first-order valence-electron chi connectivity index (χ1n) is 10.2. The largest absolute Gasteiger partial charge is 0.493 e. The van der Waals surface area contributed by atoms with Crippen molar-refractivity contribution in [3.8, 4) is 11.6 Å². The van der Waals surface area contributed by atoms with Crippen LogP contribution in [0.5, 0.6) is 11.6 Å². The lowest BCUT2D eigenvalue weighted by Gasteiger charge is -2.07. The first-order valence-corrected chi connectivity index (χ1v) is 11.0. The Hall–Kier alpha value is -2.93. The molecular formula is C23H24N2O4S. The quantitative estimate of drug-likeness (QED) is 0.594. The third kappa shape index (κ3) is 4.62. The highest BCUT2D eigenvalue weighted by atomic mass is 32.1. The van der Waals surface area contributed by atoms with Gasteiger partial charge in [0.15, 0.2) is 0 Å². The van der Waals surface area contributed by atoms with Gasteiger partial charge >= 0.3 is 4.87 Å². The summed E-state index contributed by atoms with van der Waals surface area (Å²) >= 11 is 0.926. The lowest BCUT2D eigenvalue weighted by atomic mass is 10.1. The summed E-state index contributed by atoms with van der Waals surface area (Å²) in [7, 11) is 0. The van der Waals surface area contributed by atoms with E-state index in [0.717, 1.165) is 58.6 Å². The molecule has 0 atom stereocenters. The molecule has 4 rings (SSSR count). The van der Waals surface area contributed by atoms with E-state index in [4.69, 9.17) is 4.74 Å².